The van der Waals surface area contributed by atoms with Crippen molar-refractivity contribution in [3.05, 3.63) is 72.4 Å². The van der Waals surface area contributed by atoms with E-state index in [1.165, 1.54) is 22.9 Å². The Bertz CT molecular complexity index is 947. The average molecular weight is 434 g/mol. The second-order valence-corrected chi connectivity index (χ2v) is 6.64. The van der Waals surface area contributed by atoms with Gasteiger partial charge in [-0.15, -0.1) is 0 Å². The Labute approximate surface area is 196 Å². The van der Waals surface area contributed by atoms with E-state index in [2.05, 4.69) is 95.8 Å². The van der Waals surface area contributed by atoms with Crippen molar-refractivity contribution in [3.8, 4) is 5.75 Å². The fourth-order valence-electron chi connectivity index (χ4n) is 3.91. The molecule has 0 unspecified atom stereocenters. The second kappa shape index (κ2) is 13.5. The Balaban J connectivity index is 0.000000789. The minimum atomic E-state index is 0.145. The van der Waals surface area contributed by atoms with Gasteiger partial charge in [-0.3, -0.25) is 4.81 Å². The maximum Gasteiger partial charge on any atom is 0.503 e. The van der Waals surface area contributed by atoms with Crippen LogP contribution in [0.25, 0.3) is 0 Å². The van der Waals surface area contributed by atoms with E-state index < -0.39 is 0 Å². The van der Waals surface area contributed by atoms with Crippen LogP contribution in [0.4, 0.5) is 22.9 Å². The van der Waals surface area contributed by atoms with Gasteiger partial charge in [0, 0.05) is 11.3 Å². The van der Waals surface area contributed by atoms with E-state index in [1.807, 2.05) is 47.6 Å². The van der Waals surface area contributed by atoms with Crippen LogP contribution in [0.5, 0.6) is 5.75 Å². The molecule has 1 aromatic heterocycles. The number of aryl methyl sites for hydroxylation is 1. The second-order valence-electron chi connectivity index (χ2n) is 6.64. The minimum absolute atomic E-state index is 0.145. The lowest BCUT2D eigenvalue weighted by molar-refractivity contribution is -0.657. The van der Waals surface area contributed by atoms with E-state index >= 15 is 0 Å². The highest BCUT2D eigenvalue weighted by Crippen LogP contribution is 2.45. The molecular formula is C27H41BN3O+. The zero-order valence-corrected chi connectivity index (χ0v) is 21.7. The first-order valence-corrected chi connectivity index (χ1v) is 11.9. The van der Waals surface area contributed by atoms with Crippen molar-refractivity contribution in [1.29, 1.82) is 0 Å². The van der Waals surface area contributed by atoms with Gasteiger partial charge in [-0.05, 0) is 50.1 Å². The molecule has 0 saturated carbocycles. The van der Waals surface area contributed by atoms with Crippen molar-refractivity contribution in [2.75, 3.05) is 16.7 Å². The van der Waals surface area contributed by atoms with Gasteiger partial charge in [0.1, 0.15) is 17.1 Å². The van der Waals surface area contributed by atoms with Crippen molar-refractivity contribution in [2.45, 2.75) is 55.3 Å². The normalized spacial score (nSPS) is 11.2. The molecular weight excluding hydrogens is 393 g/mol. The van der Waals surface area contributed by atoms with Crippen LogP contribution in [0.2, 0.25) is 6.82 Å². The molecule has 1 aliphatic rings. The molecule has 0 aliphatic carbocycles. The topological polar surface area (TPSA) is 19.6 Å². The summed E-state index contributed by atoms with van der Waals surface area (Å²) in [6.45, 7) is 16.5. The van der Waals surface area contributed by atoms with E-state index in [0.29, 0.717) is 0 Å². The number of fused-ring (bicyclic) bond motifs is 1. The van der Waals surface area contributed by atoms with E-state index in [-0.39, 0.29) is 6.98 Å². The number of benzene rings is 2. The Hall–Kier alpha value is -2.95. The number of pyridine rings is 1. The Morgan fingerprint density at radius 3 is 1.94 bits per heavy atom. The molecule has 4 nitrogen and oxygen atoms in total. The summed E-state index contributed by atoms with van der Waals surface area (Å²) in [5, 5.41) is 0. The van der Waals surface area contributed by atoms with Gasteiger partial charge in [0.25, 0.3) is 5.82 Å². The largest absolute Gasteiger partial charge is 0.503 e. The van der Waals surface area contributed by atoms with Crippen LogP contribution < -0.4 is 18.9 Å². The van der Waals surface area contributed by atoms with E-state index in [4.69, 9.17) is 4.74 Å². The third-order valence-corrected chi connectivity index (χ3v) is 5.13. The number of anilines is 4. The van der Waals surface area contributed by atoms with Crippen LogP contribution in [-0.4, -0.2) is 14.1 Å². The molecule has 4 rings (SSSR count). The molecule has 5 heteroatoms. The fourth-order valence-corrected chi connectivity index (χ4v) is 3.91. The maximum atomic E-state index is 5.56. The Kier molecular flexibility index (Phi) is 11.4. The molecule has 172 valence electrons. The summed E-state index contributed by atoms with van der Waals surface area (Å²) in [7, 11) is 3.83. The molecule has 3 aromatic rings. The van der Waals surface area contributed by atoms with Gasteiger partial charge in [-0.1, -0.05) is 65.8 Å². The lowest BCUT2D eigenvalue weighted by Crippen LogP contribution is -2.44. The standard InChI is InChI=1S/C21H23BN3O.3C2H6/c1-16-18(12-8-14-20(16)26-4)25-21-19(13-9-15-23(21)3)24(22(25)2)17-10-6-5-7-11-17;3*1-2/h5-15H,1-4H3;3*1-2H3/q+1;;;. The smallest absolute Gasteiger partial charge is 0.496 e. The monoisotopic (exact) mass is 434 g/mol. The number of nitrogens with zero attached hydrogens (tertiary/aromatic N) is 3. The van der Waals surface area contributed by atoms with Crippen molar-refractivity contribution >= 4 is 29.9 Å². The van der Waals surface area contributed by atoms with Crippen LogP contribution >= 0.6 is 0 Å². The quantitative estimate of drug-likeness (QED) is 0.318. The molecule has 0 radical (unpaired) electrons. The highest BCUT2D eigenvalue weighted by atomic mass is 16.5. The molecule has 0 fully saturated rings. The van der Waals surface area contributed by atoms with Crippen molar-refractivity contribution in [3.63, 3.8) is 0 Å². The lowest BCUT2D eigenvalue weighted by atomic mass is 9.75. The molecule has 0 amide bonds. The first-order chi connectivity index (χ1) is 15.6. The van der Waals surface area contributed by atoms with E-state index in [0.717, 1.165) is 11.3 Å². The minimum Gasteiger partial charge on any atom is -0.496 e. The van der Waals surface area contributed by atoms with Crippen LogP contribution in [0.1, 0.15) is 47.1 Å². The lowest BCUT2D eigenvalue weighted by Gasteiger charge is -2.22. The molecule has 0 spiro atoms. The van der Waals surface area contributed by atoms with Crippen LogP contribution in [0.15, 0.2) is 66.9 Å². The van der Waals surface area contributed by atoms with Crippen molar-refractivity contribution in [1.82, 2.24) is 0 Å². The predicted octanol–water partition coefficient (Wildman–Crippen LogP) is 7.31. The molecule has 2 heterocycles. The third-order valence-electron chi connectivity index (χ3n) is 5.13. The summed E-state index contributed by atoms with van der Waals surface area (Å²) in [5.74, 6) is 2.09. The van der Waals surface area contributed by atoms with Gasteiger partial charge in [0.2, 0.25) is 0 Å². The Morgan fingerprint density at radius 2 is 1.34 bits per heavy atom. The summed E-state index contributed by atoms with van der Waals surface area (Å²) in [6, 6.07) is 21.1. The zero-order valence-electron chi connectivity index (χ0n) is 21.7. The van der Waals surface area contributed by atoms with E-state index in [1.54, 1.807) is 7.11 Å². The fraction of sp³-hybridized carbons (Fsp3) is 0.370. The molecule has 0 bridgehead atoms. The first kappa shape index (κ1) is 27.1. The van der Waals surface area contributed by atoms with Gasteiger partial charge in [-0.25, -0.2) is 4.57 Å². The number of aromatic nitrogens is 1. The molecule has 32 heavy (non-hydrogen) atoms. The van der Waals surface area contributed by atoms with Gasteiger partial charge in [-0.2, -0.15) is 0 Å². The van der Waals surface area contributed by atoms with Gasteiger partial charge < -0.3 is 9.55 Å². The number of rotatable bonds is 3. The van der Waals surface area contributed by atoms with E-state index in [9.17, 15) is 0 Å². The number of ether oxygens (including phenoxy) is 1. The van der Waals surface area contributed by atoms with Gasteiger partial charge in [0.15, 0.2) is 0 Å². The third kappa shape index (κ3) is 5.27. The van der Waals surface area contributed by atoms with Crippen LogP contribution in [0, 0.1) is 6.92 Å². The highest BCUT2D eigenvalue weighted by molar-refractivity contribution is 6.71. The molecule has 2 aromatic carbocycles. The number of hydrogen-bond donors (Lipinski definition) is 0. The van der Waals surface area contributed by atoms with Crippen LogP contribution in [-0.2, 0) is 7.05 Å². The summed E-state index contributed by atoms with van der Waals surface area (Å²) in [6.07, 6.45) is 2.10. The molecule has 1 aliphatic heterocycles. The average Bonchev–Trinajstić information content (AvgIpc) is 3.16. The van der Waals surface area contributed by atoms with Gasteiger partial charge >= 0.3 is 6.98 Å². The maximum absolute atomic E-state index is 5.56. The Morgan fingerprint density at radius 1 is 0.750 bits per heavy atom. The summed E-state index contributed by atoms with van der Waals surface area (Å²) in [5.41, 5.74) is 4.70. The summed E-state index contributed by atoms with van der Waals surface area (Å²) in [4.78, 5) is 4.77. The SMILES string of the molecule is CC.CC.CC.COc1cccc(N2B(C)N(c3ccccc3)c3ccc[n+](C)c32)c1C. The zero-order chi connectivity index (χ0) is 24.3. The van der Waals surface area contributed by atoms with Crippen LogP contribution in [0.3, 0.4) is 0 Å². The van der Waals surface area contributed by atoms with Crippen molar-refractivity contribution in [2.24, 2.45) is 7.05 Å². The number of methoxy groups -OCH3 is 1. The summed E-state index contributed by atoms with van der Waals surface area (Å²) >= 11 is 0. The number of para-hydroxylation sites is 1. The highest BCUT2D eigenvalue weighted by Gasteiger charge is 2.48. The molecule has 0 saturated heterocycles. The van der Waals surface area contributed by atoms with Crippen molar-refractivity contribution < 1.29 is 9.30 Å². The summed E-state index contributed by atoms with van der Waals surface area (Å²) < 4.78 is 7.75. The molecule has 0 N–H and O–H groups in total. The number of hydrogen-bond acceptors (Lipinski definition) is 3. The predicted molar refractivity (Wildman–Crippen MR) is 142 cm³/mol. The van der Waals surface area contributed by atoms with Gasteiger partial charge in [0.05, 0.1) is 20.4 Å². The first-order valence-electron chi connectivity index (χ1n) is 11.9. The molecule has 0 atom stereocenters.